The van der Waals surface area contributed by atoms with E-state index in [-0.39, 0.29) is 19.2 Å². The van der Waals surface area contributed by atoms with E-state index < -0.39 is 0 Å². The highest BCUT2D eigenvalue weighted by Gasteiger charge is 1.99. The summed E-state index contributed by atoms with van der Waals surface area (Å²) in [6, 6.07) is 8.10. The van der Waals surface area contributed by atoms with Gasteiger partial charge in [-0.3, -0.25) is 0 Å². The van der Waals surface area contributed by atoms with Crippen LogP contribution in [0.15, 0.2) is 24.3 Å². The van der Waals surface area contributed by atoms with Crippen LogP contribution in [0.4, 0.5) is 10.5 Å². The molecule has 0 aliphatic heterocycles. The summed E-state index contributed by atoms with van der Waals surface area (Å²) in [6.07, 6.45) is 0. The van der Waals surface area contributed by atoms with Crippen molar-refractivity contribution in [3.63, 3.8) is 0 Å². The molecule has 1 aromatic rings. The number of amides is 2. The molecule has 1 aromatic carbocycles. The van der Waals surface area contributed by atoms with Gasteiger partial charge in [-0.1, -0.05) is 0 Å². The van der Waals surface area contributed by atoms with Crippen LogP contribution in [0.2, 0.25) is 0 Å². The maximum Gasteiger partial charge on any atom is 0.319 e. The Morgan fingerprint density at radius 2 is 2.07 bits per heavy atom. The molecule has 78 valence electrons. The molecule has 0 bridgehead atoms. The summed E-state index contributed by atoms with van der Waals surface area (Å²) in [6.45, 7) is 0.114. The second-order valence-corrected chi connectivity index (χ2v) is 2.79. The van der Waals surface area contributed by atoms with Crippen molar-refractivity contribution in [2.45, 2.75) is 0 Å². The Hall–Kier alpha value is -2.06. The van der Waals surface area contributed by atoms with Gasteiger partial charge in [0, 0.05) is 12.2 Å². The van der Waals surface area contributed by atoms with E-state index in [0.717, 1.165) is 0 Å². The number of nitrogens with one attached hydrogen (secondary N) is 2. The number of carbonyl (C=O) groups excluding carboxylic acids is 1. The molecule has 5 nitrogen and oxygen atoms in total. The van der Waals surface area contributed by atoms with Crippen LogP contribution in [0, 0.1) is 11.3 Å². The van der Waals surface area contributed by atoms with Gasteiger partial charge in [-0.25, -0.2) is 4.79 Å². The first-order valence-corrected chi connectivity index (χ1v) is 4.42. The molecule has 2 amide bonds. The number of nitriles is 1. The maximum atomic E-state index is 11.1. The lowest BCUT2D eigenvalue weighted by atomic mass is 10.2. The molecule has 0 saturated carbocycles. The Labute approximate surface area is 87.3 Å². The number of aliphatic hydroxyl groups excluding tert-OH is 1. The molecule has 3 N–H and O–H groups in total. The molecule has 1 rings (SSSR count). The van der Waals surface area contributed by atoms with Gasteiger partial charge in [0.1, 0.15) is 0 Å². The topological polar surface area (TPSA) is 85.2 Å². The second-order valence-electron chi connectivity index (χ2n) is 2.79. The van der Waals surface area contributed by atoms with Crippen molar-refractivity contribution in [2.24, 2.45) is 0 Å². The fourth-order valence-corrected chi connectivity index (χ4v) is 0.973. The van der Waals surface area contributed by atoms with Gasteiger partial charge in [0.25, 0.3) is 0 Å². The van der Waals surface area contributed by atoms with Crippen molar-refractivity contribution < 1.29 is 9.90 Å². The summed E-state index contributed by atoms with van der Waals surface area (Å²) >= 11 is 0. The molecule has 15 heavy (non-hydrogen) atoms. The number of aliphatic hydroxyl groups is 1. The van der Waals surface area contributed by atoms with Crippen LogP contribution in [0.1, 0.15) is 5.56 Å². The first-order chi connectivity index (χ1) is 7.26. The van der Waals surface area contributed by atoms with Crippen LogP contribution in [0.5, 0.6) is 0 Å². The van der Waals surface area contributed by atoms with Crippen molar-refractivity contribution in [2.75, 3.05) is 18.5 Å². The lowest BCUT2D eigenvalue weighted by molar-refractivity contribution is 0.245. The van der Waals surface area contributed by atoms with Crippen LogP contribution in [0.3, 0.4) is 0 Å². The number of urea groups is 1. The van der Waals surface area contributed by atoms with Crippen LogP contribution in [0.25, 0.3) is 0 Å². The quantitative estimate of drug-likeness (QED) is 0.678. The number of hydrogen-bond acceptors (Lipinski definition) is 3. The third-order valence-electron chi connectivity index (χ3n) is 1.67. The average molecular weight is 205 g/mol. The van der Waals surface area contributed by atoms with Gasteiger partial charge in [0.15, 0.2) is 0 Å². The molecule has 0 fully saturated rings. The predicted molar refractivity (Wildman–Crippen MR) is 55.3 cm³/mol. The molecule has 0 atom stereocenters. The van der Waals surface area contributed by atoms with E-state index in [1.165, 1.54) is 0 Å². The van der Waals surface area contributed by atoms with Crippen molar-refractivity contribution in [3.8, 4) is 6.07 Å². The fourth-order valence-electron chi connectivity index (χ4n) is 0.973. The minimum absolute atomic E-state index is 0.0964. The SMILES string of the molecule is N#Cc1ccc(NC(=O)NCCO)cc1. The van der Waals surface area contributed by atoms with E-state index in [9.17, 15) is 4.79 Å². The molecule has 5 heteroatoms. The molecule has 0 radical (unpaired) electrons. The Bertz CT molecular complexity index is 367. The third-order valence-corrected chi connectivity index (χ3v) is 1.67. The summed E-state index contributed by atoms with van der Waals surface area (Å²) in [5.74, 6) is 0. The van der Waals surface area contributed by atoms with E-state index in [2.05, 4.69) is 10.6 Å². The second kappa shape index (κ2) is 5.62. The van der Waals surface area contributed by atoms with E-state index in [0.29, 0.717) is 11.3 Å². The van der Waals surface area contributed by atoms with Gasteiger partial charge in [0.2, 0.25) is 0 Å². The number of hydrogen-bond donors (Lipinski definition) is 3. The van der Waals surface area contributed by atoms with Crippen molar-refractivity contribution in [1.82, 2.24) is 5.32 Å². The molecule has 0 aromatic heterocycles. The monoisotopic (exact) mass is 205 g/mol. The number of carbonyl (C=O) groups is 1. The van der Waals surface area contributed by atoms with Gasteiger partial charge in [-0.2, -0.15) is 5.26 Å². The number of anilines is 1. The Morgan fingerprint density at radius 1 is 1.40 bits per heavy atom. The van der Waals surface area contributed by atoms with Gasteiger partial charge in [-0.15, -0.1) is 0 Å². The van der Waals surface area contributed by atoms with Gasteiger partial charge in [-0.05, 0) is 24.3 Å². The normalized spacial score (nSPS) is 9.07. The van der Waals surface area contributed by atoms with E-state index in [1.54, 1.807) is 24.3 Å². The van der Waals surface area contributed by atoms with E-state index in [4.69, 9.17) is 10.4 Å². The fraction of sp³-hybridized carbons (Fsp3) is 0.200. The van der Waals surface area contributed by atoms with Crippen LogP contribution < -0.4 is 10.6 Å². The molecular weight excluding hydrogens is 194 g/mol. The highest BCUT2D eigenvalue weighted by Crippen LogP contribution is 2.08. The summed E-state index contributed by atoms with van der Waals surface area (Å²) in [4.78, 5) is 11.1. The number of benzene rings is 1. The van der Waals surface area contributed by atoms with Crippen LogP contribution in [-0.2, 0) is 0 Å². The number of rotatable bonds is 3. The first kappa shape index (κ1) is 11.0. The average Bonchev–Trinajstić information content (AvgIpc) is 2.27. The van der Waals surface area contributed by atoms with Gasteiger partial charge >= 0.3 is 6.03 Å². The molecular formula is C10H11N3O2. The summed E-state index contributed by atoms with van der Waals surface area (Å²) in [7, 11) is 0. The zero-order valence-electron chi connectivity index (χ0n) is 8.03. The van der Waals surface area contributed by atoms with Gasteiger partial charge in [0.05, 0.1) is 18.2 Å². The zero-order valence-corrected chi connectivity index (χ0v) is 8.03. The van der Waals surface area contributed by atoms with Gasteiger partial charge < -0.3 is 15.7 Å². The number of nitrogens with zero attached hydrogens (tertiary/aromatic N) is 1. The van der Waals surface area contributed by atoms with Crippen molar-refractivity contribution in [3.05, 3.63) is 29.8 Å². The largest absolute Gasteiger partial charge is 0.395 e. The van der Waals surface area contributed by atoms with Crippen LogP contribution >= 0.6 is 0 Å². The predicted octanol–water partition coefficient (Wildman–Crippen LogP) is 0.672. The Morgan fingerprint density at radius 3 is 2.60 bits per heavy atom. The zero-order chi connectivity index (χ0) is 11.1. The smallest absolute Gasteiger partial charge is 0.319 e. The highest BCUT2D eigenvalue weighted by atomic mass is 16.3. The van der Waals surface area contributed by atoms with E-state index >= 15 is 0 Å². The maximum absolute atomic E-state index is 11.1. The van der Waals surface area contributed by atoms with E-state index in [1.807, 2.05) is 6.07 Å². The Balaban J connectivity index is 2.50. The Kier molecular flexibility index (Phi) is 4.13. The summed E-state index contributed by atoms with van der Waals surface area (Å²) in [5.41, 5.74) is 1.14. The summed E-state index contributed by atoms with van der Waals surface area (Å²) < 4.78 is 0. The van der Waals surface area contributed by atoms with Crippen molar-refractivity contribution >= 4 is 11.7 Å². The molecule has 0 aliphatic carbocycles. The lowest BCUT2D eigenvalue weighted by Crippen LogP contribution is -2.30. The van der Waals surface area contributed by atoms with Crippen LogP contribution in [-0.4, -0.2) is 24.3 Å². The highest BCUT2D eigenvalue weighted by molar-refractivity contribution is 5.89. The lowest BCUT2D eigenvalue weighted by Gasteiger charge is -2.05. The van der Waals surface area contributed by atoms with Crippen molar-refractivity contribution in [1.29, 1.82) is 5.26 Å². The minimum atomic E-state index is -0.381. The standard InChI is InChI=1S/C10H11N3O2/c11-7-8-1-3-9(4-2-8)13-10(15)12-5-6-14/h1-4,14H,5-6H2,(H2,12,13,15). The molecule has 0 spiro atoms. The molecule has 0 aliphatic rings. The molecule has 0 unspecified atom stereocenters. The molecule has 0 saturated heterocycles. The summed E-state index contributed by atoms with van der Waals surface area (Å²) in [5, 5.41) is 22.0. The minimum Gasteiger partial charge on any atom is -0.395 e. The molecule has 0 heterocycles. The third kappa shape index (κ3) is 3.67. The first-order valence-electron chi connectivity index (χ1n) is 4.42.